The van der Waals surface area contributed by atoms with E-state index >= 15 is 0 Å². The van der Waals surface area contributed by atoms with Crippen molar-refractivity contribution in [2.24, 2.45) is 0 Å². The number of nitrogens with two attached hydrogens (primary N) is 1. The molecule has 0 aromatic heterocycles. The first-order valence-corrected chi connectivity index (χ1v) is 6.22. The highest BCUT2D eigenvalue weighted by Crippen LogP contribution is 2.31. The fourth-order valence-electron chi connectivity index (χ4n) is 1.40. The molecule has 4 heteroatoms. The van der Waals surface area contributed by atoms with Crippen LogP contribution in [-0.4, -0.2) is 0 Å². The van der Waals surface area contributed by atoms with E-state index in [1.54, 1.807) is 18.2 Å². The maximum Gasteiger partial charge on any atom is 0.151 e. The number of ether oxygens (including phenoxy) is 1. The van der Waals surface area contributed by atoms with Gasteiger partial charge in [0.05, 0.1) is 5.69 Å². The van der Waals surface area contributed by atoms with Gasteiger partial charge in [-0.05, 0) is 42.8 Å². The zero-order chi connectivity index (χ0) is 12.4. The van der Waals surface area contributed by atoms with E-state index < -0.39 is 0 Å². The number of anilines is 1. The van der Waals surface area contributed by atoms with Crippen LogP contribution in [0.25, 0.3) is 0 Å². The third kappa shape index (κ3) is 2.93. The minimum absolute atomic E-state index is 0.565. The van der Waals surface area contributed by atoms with E-state index in [1.807, 2.05) is 25.1 Å². The van der Waals surface area contributed by atoms with Gasteiger partial charge in [-0.15, -0.1) is 0 Å². The van der Waals surface area contributed by atoms with Crippen LogP contribution in [0.2, 0.25) is 5.02 Å². The molecule has 17 heavy (non-hydrogen) atoms. The lowest BCUT2D eigenvalue weighted by Gasteiger charge is -2.09. The first-order valence-electron chi connectivity index (χ1n) is 5.05. The Labute approximate surface area is 113 Å². The number of hydrogen-bond acceptors (Lipinski definition) is 2. The molecule has 2 aromatic rings. The lowest BCUT2D eigenvalue weighted by atomic mass is 10.2. The molecule has 0 fully saturated rings. The topological polar surface area (TPSA) is 35.2 Å². The number of rotatable bonds is 2. The summed E-state index contributed by atoms with van der Waals surface area (Å²) in [6.45, 7) is 2.00. The van der Waals surface area contributed by atoms with Crippen molar-refractivity contribution in [2.45, 2.75) is 6.92 Å². The average Bonchev–Trinajstić information content (AvgIpc) is 2.29. The van der Waals surface area contributed by atoms with E-state index in [0.717, 1.165) is 15.8 Å². The number of hydrogen-bond donors (Lipinski definition) is 1. The summed E-state index contributed by atoms with van der Waals surface area (Å²) >= 11 is 9.34. The van der Waals surface area contributed by atoms with E-state index in [2.05, 4.69) is 15.9 Å². The summed E-state index contributed by atoms with van der Waals surface area (Å²) in [7, 11) is 0. The largest absolute Gasteiger partial charge is 0.455 e. The molecule has 0 aliphatic rings. The van der Waals surface area contributed by atoms with E-state index in [4.69, 9.17) is 22.1 Å². The van der Waals surface area contributed by atoms with E-state index in [9.17, 15) is 0 Å². The van der Waals surface area contributed by atoms with Crippen LogP contribution in [0.3, 0.4) is 0 Å². The highest BCUT2D eigenvalue weighted by Gasteiger charge is 2.04. The third-order valence-corrected chi connectivity index (χ3v) is 3.46. The summed E-state index contributed by atoms with van der Waals surface area (Å²) in [5.74, 6) is 1.30. The van der Waals surface area contributed by atoms with Crippen LogP contribution in [0.15, 0.2) is 40.9 Å². The van der Waals surface area contributed by atoms with Crippen molar-refractivity contribution in [2.75, 3.05) is 5.73 Å². The van der Waals surface area contributed by atoms with Crippen LogP contribution < -0.4 is 10.5 Å². The Balaban J connectivity index is 2.31. The fourth-order valence-corrected chi connectivity index (χ4v) is 1.81. The summed E-state index contributed by atoms with van der Waals surface area (Å²) in [5, 5.41) is 0.600. The molecular formula is C13H11BrClNO. The van der Waals surface area contributed by atoms with Crippen LogP contribution in [-0.2, 0) is 0 Å². The predicted molar refractivity (Wildman–Crippen MR) is 74.8 cm³/mol. The zero-order valence-electron chi connectivity index (χ0n) is 9.21. The van der Waals surface area contributed by atoms with Crippen molar-refractivity contribution in [3.63, 3.8) is 0 Å². The predicted octanol–water partition coefficient (Wildman–Crippen LogP) is 4.79. The van der Waals surface area contributed by atoms with Crippen LogP contribution >= 0.6 is 27.5 Å². The van der Waals surface area contributed by atoms with E-state index in [0.29, 0.717) is 16.5 Å². The Morgan fingerprint density at radius 3 is 2.65 bits per heavy atom. The summed E-state index contributed by atoms with van der Waals surface area (Å²) in [5.41, 5.74) is 7.48. The monoisotopic (exact) mass is 311 g/mol. The normalized spacial score (nSPS) is 10.3. The van der Waals surface area contributed by atoms with Crippen LogP contribution in [0.4, 0.5) is 5.69 Å². The molecule has 0 saturated carbocycles. The second kappa shape index (κ2) is 4.98. The van der Waals surface area contributed by atoms with Gasteiger partial charge in [0.15, 0.2) is 5.75 Å². The summed E-state index contributed by atoms with van der Waals surface area (Å²) < 4.78 is 6.74. The second-order valence-corrected chi connectivity index (χ2v) is 4.99. The maximum atomic E-state index is 5.90. The van der Waals surface area contributed by atoms with E-state index in [1.165, 1.54) is 0 Å². The molecule has 0 bridgehead atoms. The van der Waals surface area contributed by atoms with Gasteiger partial charge in [-0.1, -0.05) is 27.5 Å². The summed E-state index contributed by atoms with van der Waals surface area (Å²) in [6.07, 6.45) is 0. The molecule has 0 unspecified atom stereocenters. The smallest absolute Gasteiger partial charge is 0.151 e. The van der Waals surface area contributed by atoms with Gasteiger partial charge < -0.3 is 10.5 Å². The highest BCUT2D eigenvalue weighted by atomic mass is 79.9. The molecule has 2 aromatic carbocycles. The van der Waals surface area contributed by atoms with Crippen LogP contribution in [0, 0.1) is 6.92 Å². The third-order valence-electron chi connectivity index (χ3n) is 2.33. The molecule has 0 saturated heterocycles. The Kier molecular flexibility index (Phi) is 3.60. The second-order valence-electron chi connectivity index (χ2n) is 3.70. The van der Waals surface area contributed by atoms with Gasteiger partial charge in [0.1, 0.15) is 5.75 Å². The SMILES string of the molecule is Cc1cc(Oc2cc(Cl)ccc2N)ccc1Br. The van der Waals surface area contributed by atoms with Crippen molar-refractivity contribution in [3.05, 3.63) is 51.5 Å². The molecule has 0 heterocycles. The van der Waals surface area contributed by atoms with Crippen molar-refractivity contribution in [3.8, 4) is 11.5 Å². The first-order chi connectivity index (χ1) is 8.06. The minimum atomic E-state index is 0.565. The average molecular weight is 313 g/mol. The molecule has 2 nitrogen and oxygen atoms in total. The van der Waals surface area contributed by atoms with Gasteiger partial charge in [-0.25, -0.2) is 0 Å². The van der Waals surface area contributed by atoms with Crippen molar-refractivity contribution in [1.29, 1.82) is 0 Å². The molecular weight excluding hydrogens is 302 g/mol. The summed E-state index contributed by atoms with van der Waals surface area (Å²) in [4.78, 5) is 0. The number of aryl methyl sites for hydroxylation is 1. The zero-order valence-corrected chi connectivity index (χ0v) is 11.5. The standard InChI is InChI=1S/C13H11BrClNO/c1-8-6-10(3-4-11(8)14)17-13-7-9(15)2-5-12(13)16/h2-7H,16H2,1H3. The number of nitrogen functional groups attached to an aromatic ring is 1. The maximum absolute atomic E-state index is 5.90. The van der Waals surface area contributed by atoms with Crippen LogP contribution in [0.1, 0.15) is 5.56 Å². The molecule has 2 N–H and O–H groups in total. The van der Waals surface area contributed by atoms with E-state index in [-0.39, 0.29) is 0 Å². The molecule has 0 radical (unpaired) electrons. The van der Waals surface area contributed by atoms with Gasteiger partial charge >= 0.3 is 0 Å². The van der Waals surface area contributed by atoms with Gasteiger partial charge in [0.25, 0.3) is 0 Å². The van der Waals surface area contributed by atoms with Gasteiger partial charge in [0.2, 0.25) is 0 Å². The Morgan fingerprint density at radius 1 is 1.18 bits per heavy atom. The number of halogens is 2. The number of benzene rings is 2. The lowest BCUT2D eigenvalue weighted by molar-refractivity contribution is 0.484. The minimum Gasteiger partial charge on any atom is -0.455 e. The highest BCUT2D eigenvalue weighted by molar-refractivity contribution is 9.10. The molecule has 0 aliphatic heterocycles. The van der Waals surface area contributed by atoms with Gasteiger partial charge in [0, 0.05) is 15.6 Å². The van der Waals surface area contributed by atoms with Gasteiger partial charge in [-0.2, -0.15) is 0 Å². The quantitative estimate of drug-likeness (QED) is 0.810. The molecule has 0 amide bonds. The molecule has 88 valence electrons. The van der Waals surface area contributed by atoms with Gasteiger partial charge in [-0.3, -0.25) is 0 Å². The first kappa shape index (κ1) is 12.3. The molecule has 2 rings (SSSR count). The fraction of sp³-hybridized carbons (Fsp3) is 0.0769. The van der Waals surface area contributed by atoms with Crippen molar-refractivity contribution in [1.82, 2.24) is 0 Å². The van der Waals surface area contributed by atoms with Crippen LogP contribution in [0.5, 0.6) is 11.5 Å². The molecule has 0 spiro atoms. The lowest BCUT2D eigenvalue weighted by Crippen LogP contribution is -1.92. The summed E-state index contributed by atoms with van der Waals surface area (Å²) in [6, 6.07) is 10.9. The Morgan fingerprint density at radius 2 is 1.94 bits per heavy atom. The Bertz CT molecular complexity index is 557. The molecule has 0 atom stereocenters. The Hall–Kier alpha value is -1.19. The van der Waals surface area contributed by atoms with Crippen molar-refractivity contribution >= 4 is 33.2 Å². The molecule has 0 aliphatic carbocycles. The van der Waals surface area contributed by atoms with Crippen molar-refractivity contribution < 1.29 is 4.74 Å².